The van der Waals surface area contributed by atoms with Crippen molar-refractivity contribution >= 4 is 10.0 Å². The Labute approximate surface area is 106 Å². The maximum atomic E-state index is 12.4. The first-order chi connectivity index (χ1) is 8.55. The van der Waals surface area contributed by atoms with E-state index in [1.165, 1.54) is 6.20 Å². The number of hydrogen-bond acceptors (Lipinski definition) is 2. The molecule has 1 aromatic heterocycles. The summed E-state index contributed by atoms with van der Waals surface area (Å²) in [4.78, 5) is 0.212. The number of hydrogen-bond donors (Lipinski definition) is 0. The zero-order valence-corrected chi connectivity index (χ0v) is 10.8. The van der Waals surface area contributed by atoms with Gasteiger partial charge in [-0.3, -0.25) is 4.39 Å². The zero-order chi connectivity index (χ0) is 13.2. The molecule has 96 valence electrons. The van der Waals surface area contributed by atoms with E-state index in [1.54, 1.807) is 36.4 Å². The van der Waals surface area contributed by atoms with E-state index in [4.69, 9.17) is 0 Å². The quantitative estimate of drug-likeness (QED) is 0.854. The van der Waals surface area contributed by atoms with Gasteiger partial charge in [-0.1, -0.05) is 17.7 Å². The van der Waals surface area contributed by atoms with Crippen molar-refractivity contribution in [1.82, 2.24) is 3.97 Å². The predicted octanol–water partition coefficient (Wildman–Crippen LogP) is 2.55. The van der Waals surface area contributed by atoms with Crippen molar-refractivity contribution in [1.29, 1.82) is 0 Å². The first-order valence-electron chi connectivity index (χ1n) is 5.60. The van der Waals surface area contributed by atoms with Gasteiger partial charge in [0.05, 0.1) is 11.6 Å². The first-order valence-corrected chi connectivity index (χ1v) is 7.04. The summed E-state index contributed by atoms with van der Waals surface area (Å²) in [6.45, 7) is 1.31. The molecule has 3 nitrogen and oxygen atoms in total. The number of aromatic nitrogens is 1. The molecule has 0 bridgehead atoms. The molecule has 0 fully saturated rings. The zero-order valence-electron chi connectivity index (χ0n) is 10.0. The Morgan fingerprint density at radius 1 is 1.17 bits per heavy atom. The van der Waals surface area contributed by atoms with Crippen LogP contribution in [0, 0.1) is 6.92 Å². The van der Waals surface area contributed by atoms with Crippen LogP contribution in [0.4, 0.5) is 4.39 Å². The third-order valence-electron chi connectivity index (χ3n) is 2.72. The summed E-state index contributed by atoms with van der Waals surface area (Å²) in [5, 5.41) is 0. The Hall–Kier alpha value is -1.62. The molecule has 0 N–H and O–H groups in total. The third kappa shape index (κ3) is 2.31. The largest absolute Gasteiger partial charge is 0.267 e. The summed E-state index contributed by atoms with van der Waals surface area (Å²) in [6, 6.07) is 9.83. The third-order valence-corrected chi connectivity index (χ3v) is 4.46. The first kappa shape index (κ1) is 12.8. The normalized spacial score (nSPS) is 11.7. The van der Waals surface area contributed by atoms with Gasteiger partial charge >= 0.3 is 0 Å². The van der Waals surface area contributed by atoms with Gasteiger partial charge in [-0.15, -0.1) is 0 Å². The number of halogens is 1. The fourth-order valence-electron chi connectivity index (χ4n) is 1.75. The average molecular weight is 267 g/mol. The van der Waals surface area contributed by atoms with Gasteiger partial charge in [-0.05, 0) is 31.2 Å². The molecule has 1 heterocycles. The molecule has 0 amide bonds. The molecule has 0 spiro atoms. The molecule has 0 atom stereocenters. The van der Waals surface area contributed by atoms with E-state index < -0.39 is 16.7 Å². The molecule has 0 saturated heterocycles. The highest BCUT2D eigenvalue weighted by Gasteiger charge is 2.18. The molecule has 0 radical (unpaired) electrons. The molecule has 0 saturated carbocycles. The lowest BCUT2D eigenvalue weighted by atomic mass is 10.2. The van der Waals surface area contributed by atoms with Crippen LogP contribution in [0.15, 0.2) is 47.5 Å². The summed E-state index contributed by atoms with van der Waals surface area (Å²) in [6.07, 6.45) is 1.54. The van der Waals surface area contributed by atoms with Gasteiger partial charge in [-0.25, -0.2) is 12.4 Å². The lowest BCUT2D eigenvalue weighted by molar-refractivity contribution is 0.490. The average Bonchev–Trinajstić information content (AvgIpc) is 2.79. The molecule has 5 heteroatoms. The number of benzene rings is 1. The van der Waals surface area contributed by atoms with Crippen molar-refractivity contribution < 1.29 is 12.8 Å². The van der Waals surface area contributed by atoms with Gasteiger partial charge in [0, 0.05) is 18.3 Å². The Balaban J connectivity index is 2.48. The maximum Gasteiger partial charge on any atom is 0.267 e. The minimum atomic E-state index is -3.62. The monoisotopic (exact) mass is 267 g/mol. The van der Waals surface area contributed by atoms with Crippen LogP contribution in [0.2, 0.25) is 0 Å². The number of alkyl halides is 1. The summed E-state index contributed by atoms with van der Waals surface area (Å²) >= 11 is 0. The van der Waals surface area contributed by atoms with E-state index in [0.29, 0.717) is 5.69 Å². The van der Waals surface area contributed by atoms with E-state index in [1.807, 2.05) is 6.92 Å². The second-order valence-electron chi connectivity index (χ2n) is 4.05. The Morgan fingerprint density at radius 2 is 1.83 bits per heavy atom. The molecule has 0 unspecified atom stereocenters. The van der Waals surface area contributed by atoms with Crippen LogP contribution in [0.5, 0.6) is 0 Å². The summed E-state index contributed by atoms with van der Waals surface area (Å²) in [5.41, 5.74) is 1.45. The maximum absolute atomic E-state index is 12.4. The molecule has 0 aliphatic carbocycles. The Kier molecular flexibility index (Phi) is 3.52. The van der Waals surface area contributed by atoms with Gasteiger partial charge in [0.15, 0.2) is 0 Å². The van der Waals surface area contributed by atoms with Crippen molar-refractivity contribution in [3.05, 3.63) is 53.9 Å². The summed E-state index contributed by atoms with van der Waals surface area (Å²) < 4.78 is 38.2. The lowest BCUT2D eigenvalue weighted by Crippen LogP contribution is -2.15. The van der Waals surface area contributed by atoms with Crippen LogP contribution in [0.25, 0.3) is 0 Å². The van der Waals surface area contributed by atoms with E-state index in [2.05, 4.69) is 0 Å². The summed E-state index contributed by atoms with van der Waals surface area (Å²) in [5.74, 6) is 0. The van der Waals surface area contributed by atoms with Crippen LogP contribution in [0.3, 0.4) is 0 Å². The minimum absolute atomic E-state index is 0.0953. The van der Waals surface area contributed by atoms with Crippen LogP contribution in [0.1, 0.15) is 11.3 Å². The highest BCUT2D eigenvalue weighted by atomic mass is 32.2. The van der Waals surface area contributed by atoms with Crippen LogP contribution >= 0.6 is 0 Å². The molecule has 2 rings (SSSR count). The number of rotatable bonds is 4. The van der Waals surface area contributed by atoms with Gasteiger partial charge < -0.3 is 0 Å². The Morgan fingerprint density at radius 3 is 2.44 bits per heavy atom. The van der Waals surface area contributed by atoms with Crippen molar-refractivity contribution in [2.75, 3.05) is 6.67 Å². The van der Waals surface area contributed by atoms with Crippen molar-refractivity contribution in [3.8, 4) is 0 Å². The van der Waals surface area contributed by atoms with Gasteiger partial charge in [-0.2, -0.15) is 0 Å². The van der Waals surface area contributed by atoms with Crippen molar-refractivity contribution in [3.63, 3.8) is 0 Å². The predicted molar refractivity (Wildman–Crippen MR) is 67.9 cm³/mol. The van der Waals surface area contributed by atoms with Crippen LogP contribution in [-0.2, 0) is 16.4 Å². The number of nitrogens with zero attached hydrogens (tertiary/aromatic N) is 1. The highest BCUT2D eigenvalue weighted by Crippen LogP contribution is 2.17. The second kappa shape index (κ2) is 4.94. The molecule has 1 aromatic carbocycles. The van der Waals surface area contributed by atoms with Gasteiger partial charge in [0.25, 0.3) is 10.0 Å². The van der Waals surface area contributed by atoms with Crippen molar-refractivity contribution in [2.24, 2.45) is 0 Å². The van der Waals surface area contributed by atoms with Gasteiger partial charge in [0.1, 0.15) is 0 Å². The molecule has 0 aliphatic rings. The highest BCUT2D eigenvalue weighted by molar-refractivity contribution is 7.90. The Bertz CT molecular complexity index is 629. The van der Waals surface area contributed by atoms with Crippen LogP contribution in [-0.4, -0.2) is 19.1 Å². The molecular weight excluding hydrogens is 253 g/mol. The van der Waals surface area contributed by atoms with Crippen molar-refractivity contribution in [2.45, 2.75) is 18.2 Å². The lowest BCUT2D eigenvalue weighted by Gasteiger charge is -2.09. The SMILES string of the molecule is Cc1ccc(S(=O)(=O)n2cccc2CCF)cc1. The summed E-state index contributed by atoms with van der Waals surface area (Å²) in [7, 11) is -3.62. The smallest absolute Gasteiger partial charge is 0.251 e. The standard InChI is InChI=1S/C13H14FNO2S/c1-11-4-6-13(7-5-11)18(16,17)15-10-2-3-12(15)8-9-14/h2-7,10H,8-9H2,1H3. The van der Waals surface area contributed by atoms with Gasteiger partial charge in [0.2, 0.25) is 0 Å². The van der Waals surface area contributed by atoms with E-state index in [0.717, 1.165) is 9.54 Å². The van der Waals surface area contributed by atoms with E-state index in [9.17, 15) is 12.8 Å². The fourth-order valence-corrected chi connectivity index (χ4v) is 3.15. The molecule has 0 aliphatic heterocycles. The topological polar surface area (TPSA) is 39.1 Å². The fraction of sp³-hybridized carbons (Fsp3) is 0.231. The second-order valence-corrected chi connectivity index (χ2v) is 5.87. The van der Waals surface area contributed by atoms with E-state index in [-0.39, 0.29) is 11.3 Å². The molecular formula is C13H14FNO2S. The van der Waals surface area contributed by atoms with E-state index >= 15 is 0 Å². The number of aryl methyl sites for hydroxylation is 2. The van der Waals surface area contributed by atoms with Crippen LogP contribution < -0.4 is 0 Å². The minimum Gasteiger partial charge on any atom is -0.251 e. The molecule has 2 aromatic rings. The molecule has 18 heavy (non-hydrogen) atoms.